The molecule has 2 aromatic carbocycles. The number of hydrogen-bond acceptors (Lipinski definition) is 3. The molecule has 0 aliphatic rings. The van der Waals surface area contributed by atoms with Crippen molar-refractivity contribution in [2.24, 2.45) is 0 Å². The minimum Gasteiger partial charge on any atom is -0.360 e. The van der Waals surface area contributed by atoms with Crippen LogP contribution in [0.4, 0.5) is 5.69 Å². The number of hydrogen-bond donors (Lipinski definition) is 2. The van der Waals surface area contributed by atoms with Gasteiger partial charge in [0, 0.05) is 18.4 Å². The zero-order chi connectivity index (χ0) is 16.7. The average molecular weight is 305 g/mol. The summed E-state index contributed by atoms with van der Waals surface area (Å²) in [6, 6.07) is 17.4. The Balaban J connectivity index is 2.00. The van der Waals surface area contributed by atoms with Crippen LogP contribution >= 0.6 is 0 Å². The molecular formula is C19H19N3O. The van der Waals surface area contributed by atoms with Crippen LogP contribution in [0.3, 0.4) is 0 Å². The average Bonchev–Trinajstić information content (AvgIpc) is 2.56. The predicted molar refractivity (Wildman–Crippen MR) is 91.5 cm³/mol. The quantitative estimate of drug-likeness (QED) is 0.657. The summed E-state index contributed by atoms with van der Waals surface area (Å²) in [4.78, 5) is 12.1. The number of rotatable bonds is 5. The molecule has 0 saturated carbocycles. The van der Waals surface area contributed by atoms with E-state index in [1.807, 2.05) is 68.4 Å². The SMILES string of the molecule is Cc1ccc(N/C=C(/C#N)C(=O)NCc2ccccc2)c(C)c1. The number of nitrogens with one attached hydrogen (secondary N) is 2. The van der Waals surface area contributed by atoms with Crippen LogP contribution in [-0.2, 0) is 11.3 Å². The third-order valence-electron chi connectivity index (χ3n) is 3.41. The third kappa shape index (κ3) is 4.72. The van der Waals surface area contributed by atoms with Gasteiger partial charge in [0.15, 0.2) is 0 Å². The van der Waals surface area contributed by atoms with Crippen LogP contribution in [0.2, 0.25) is 0 Å². The van der Waals surface area contributed by atoms with Crippen LogP contribution in [0.1, 0.15) is 16.7 Å². The van der Waals surface area contributed by atoms with E-state index in [1.54, 1.807) is 0 Å². The van der Waals surface area contributed by atoms with Gasteiger partial charge >= 0.3 is 0 Å². The summed E-state index contributed by atoms with van der Waals surface area (Å²) < 4.78 is 0. The molecule has 0 radical (unpaired) electrons. The summed E-state index contributed by atoms with van der Waals surface area (Å²) in [6.45, 7) is 4.39. The van der Waals surface area contributed by atoms with Gasteiger partial charge in [-0.2, -0.15) is 5.26 Å². The lowest BCUT2D eigenvalue weighted by Crippen LogP contribution is -2.24. The first-order chi connectivity index (χ1) is 11.1. The second-order valence-electron chi connectivity index (χ2n) is 5.30. The van der Waals surface area contributed by atoms with Crippen molar-refractivity contribution in [2.75, 3.05) is 5.32 Å². The Hall–Kier alpha value is -3.06. The van der Waals surface area contributed by atoms with E-state index in [-0.39, 0.29) is 5.57 Å². The molecule has 1 amide bonds. The van der Waals surface area contributed by atoms with Gasteiger partial charge in [-0.15, -0.1) is 0 Å². The van der Waals surface area contributed by atoms with Crippen LogP contribution in [0, 0.1) is 25.2 Å². The van der Waals surface area contributed by atoms with Crippen molar-refractivity contribution >= 4 is 11.6 Å². The molecule has 0 heterocycles. The number of benzene rings is 2. The Morgan fingerprint density at radius 1 is 1.17 bits per heavy atom. The van der Waals surface area contributed by atoms with Gasteiger partial charge in [0.2, 0.25) is 0 Å². The number of carbonyl (C=O) groups is 1. The Morgan fingerprint density at radius 2 is 1.91 bits per heavy atom. The molecule has 0 aliphatic carbocycles. The maximum absolute atomic E-state index is 12.1. The summed E-state index contributed by atoms with van der Waals surface area (Å²) in [5, 5.41) is 14.9. The van der Waals surface area contributed by atoms with Crippen LogP contribution in [0.5, 0.6) is 0 Å². The highest BCUT2D eigenvalue weighted by Crippen LogP contribution is 2.16. The van der Waals surface area contributed by atoms with Gasteiger partial charge in [0.05, 0.1) is 0 Å². The number of nitrogens with zero attached hydrogens (tertiary/aromatic N) is 1. The van der Waals surface area contributed by atoms with Crippen LogP contribution in [-0.4, -0.2) is 5.91 Å². The number of nitriles is 1. The molecular weight excluding hydrogens is 286 g/mol. The lowest BCUT2D eigenvalue weighted by Gasteiger charge is -2.08. The van der Waals surface area contributed by atoms with Crippen molar-refractivity contribution in [3.63, 3.8) is 0 Å². The van der Waals surface area contributed by atoms with E-state index >= 15 is 0 Å². The minimum atomic E-state index is -0.395. The fourth-order valence-corrected chi connectivity index (χ4v) is 2.15. The number of anilines is 1. The summed E-state index contributed by atoms with van der Waals surface area (Å²) >= 11 is 0. The van der Waals surface area contributed by atoms with Crippen LogP contribution in [0.25, 0.3) is 0 Å². The van der Waals surface area contributed by atoms with E-state index in [0.717, 1.165) is 22.4 Å². The van der Waals surface area contributed by atoms with Gasteiger partial charge in [0.25, 0.3) is 5.91 Å². The second-order valence-corrected chi connectivity index (χ2v) is 5.30. The maximum Gasteiger partial charge on any atom is 0.263 e. The summed E-state index contributed by atoms with van der Waals surface area (Å²) in [5.74, 6) is -0.395. The molecule has 4 heteroatoms. The van der Waals surface area contributed by atoms with E-state index in [9.17, 15) is 4.79 Å². The summed E-state index contributed by atoms with van der Waals surface area (Å²) in [5.41, 5.74) is 4.13. The molecule has 0 bridgehead atoms. The molecule has 116 valence electrons. The van der Waals surface area contributed by atoms with E-state index in [0.29, 0.717) is 6.54 Å². The molecule has 0 aromatic heterocycles. The predicted octanol–water partition coefficient (Wildman–Crippen LogP) is 3.44. The van der Waals surface area contributed by atoms with Gasteiger partial charge < -0.3 is 10.6 Å². The molecule has 0 spiro atoms. The largest absolute Gasteiger partial charge is 0.360 e. The number of aryl methyl sites for hydroxylation is 2. The maximum atomic E-state index is 12.1. The standard InChI is InChI=1S/C19H19N3O/c1-14-8-9-18(15(2)10-14)21-13-17(11-20)19(23)22-12-16-6-4-3-5-7-16/h3-10,13,21H,12H2,1-2H3,(H,22,23)/b17-13-. The van der Waals surface area contributed by atoms with Gasteiger partial charge in [-0.25, -0.2) is 0 Å². The molecule has 23 heavy (non-hydrogen) atoms. The van der Waals surface area contributed by atoms with Gasteiger partial charge in [0.1, 0.15) is 11.6 Å². The zero-order valence-electron chi connectivity index (χ0n) is 13.3. The zero-order valence-corrected chi connectivity index (χ0v) is 13.3. The highest BCUT2D eigenvalue weighted by molar-refractivity contribution is 5.97. The molecule has 2 N–H and O–H groups in total. The molecule has 0 saturated heterocycles. The van der Waals surface area contributed by atoms with E-state index in [2.05, 4.69) is 10.6 Å². The van der Waals surface area contributed by atoms with Crippen LogP contribution < -0.4 is 10.6 Å². The van der Waals surface area contributed by atoms with Crippen molar-refractivity contribution in [2.45, 2.75) is 20.4 Å². The summed E-state index contributed by atoms with van der Waals surface area (Å²) in [7, 11) is 0. The molecule has 0 unspecified atom stereocenters. The van der Waals surface area contributed by atoms with Crippen molar-refractivity contribution in [3.8, 4) is 6.07 Å². The molecule has 0 fully saturated rings. The fourth-order valence-electron chi connectivity index (χ4n) is 2.15. The molecule has 2 rings (SSSR count). The first kappa shape index (κ1) is 16.3. The minimum absolute atomic E-state index is 0.0425. The van der Waals surface area contributed by atoms with Crippen molar-refractivity contribution in [1.29, 1.82) is 5.26 Å². The highest BCUT2D eigenvalue weighted by Gasteiger charge is 2.08. The first-order valence-electron chi connectivity index (χ1n) is 7.36. The number of carbonyl (C=O) groups excluding carboxylic acids is 1. The van der Waals surface area contributed by atoms with Gasteiger partial charge in [-0.05, 0) is 31.0 Å². The molecule has 4 nitrogen and oxygen atoms in total. The van der Waals surface area contributed by atoms with E-state index in [4.69, 9.17) is 5.26 Å². The van der Waals surface area contributed by atoms with Gasteiger partial charge in [-0.1, -0.05) is 48.0 Å². The van der Waals surface area contributed by atoms with Crippen LogP contribution in [0.15, 0.2) is 60.3 Å². The summed E-state index contributed by atoms with van der Waals surface area (Å²) in [6.07, 6.45) is 1.44. The van der Waals surface area contributed by atoms with Crippen molar-refractivity contribution < 1.29 is 4.79 Å². The monoisotopic (exact) mass is 305 g/mol. The Kier molecular flexibility index (Phi) is 5.54. The smallest absolute Gasteiger partial charge is 0.263 e. The second kappa shape index (κ2) is 7.81. The third-order valence-corrected chi connectivity index (χ3v) is 3.41. The van der Waals surface area contributed by atoms with E-state index < -0.39 is 5.91 Å². The first-order valence-corrected chi connectivity index (χ1v) is 7.36. The van der Waals surface area contributed by atoms with Crippen molar-refractivity contribution in [1.82, 2.24) is 5.32 Å². The lowest BCUT2D eigenvalue weighted by atomic mass is 10.1. The Bertz CT molecular complexity index is 758. The number of amides is 1. The Morgan fingerprint density at radius 3 is 2.57 bits per heavy atom. The topological polar surface area (TPSA) is 64.9 Å². The molecule has 0 aliphatic heterocycles. The Labute approximate surface area is 136 Å². The molecule has 2 aromatic rings. The molecule has 0 atom stereocenters. The normalized spacial score (nSPS) is 10.7. The van der Waals surface area contributed by atoms with Gasteiger partial charge in [-0.3, -0.25) is 4.79 Å². The van der Waals surface area contributed by atoms with Crippen molar-refractivity contribution in [3.05, 3.63) is 77.0 Å². The lowest BCUT2D eigenvalue weighted by molar-refractivity contribution is -0.117. The highest BCUT2D eigenvalue weighted by atomic mass is 16.1. The fraction of sp³-hybridized carbons (Fsp3) is 0.158. The van der Waals surface area contributed by atoms with E-state index in [1.165, 1.54) is 6.20 Å².